The first kappa shape index (κ1) is 21.2. The molecule has 0 aromatic heterocycles. The predicted octanol–water partition coefficient (Wildman–Crippen LogP) is 2.97. The molecule has 0 bridgehead atoms. The Balaban J connectivity index is 2.08. The van der Waals surface area contributed by atoms with Crippen molar-refractivity contribution < 1.29 is 19.6 Å². The van der Waals surface area contributed by atoms with Crippen molar-refractivity contribution >= 4 is 23.1 Å². The minimum Gasteiger partial charge on any atom is -0.507 e. The first-order valence-electron chi connectivity index (χ1n) is 9.54. The van der Waals surface area contributed by atoms with Crippen LogP contribution in [0.25, 0.3) is 5.76 Å². The lowest BCUT2D eigenvalue weighted by molar-refractivity contribution is -0.384. The van der Waals surface area contributed by atoms with E-state index in [2.05, 4.69) is 0 Å². The average molecular weight is 409 g/mol. The van der Waals surface area contributed by atoms with Crippen molar-refractivity contribution in [2.45, 2.75) is 12.5 Å². The summed E-state index contributed by atoms with van der Waals surface area (Å²) < 4.78 is 0. The molecule has 0 spiro atoms. The zero-order valence-corrected chi connectivity index (χ0v) is 16.8. The molecule has 0 saturated carbocycles. The number of nitro benzene ring substituents is 1. The molecule has 1 saturated heterocycles. The smallest absolute Gasteiger partial charge is 0.295 e. The van der Waals surface area contributed by atoms with Gasteiger partial charge < -0.3 is 14.9 Å². The molecule has 0 unspecified atom stereocenters. The van der Waals surface area contributed by atoms with Gasteiger partial charge in [-0.15, -0.1) is 0 Å². The second kappa shape index (κ2) is 8.87. The number of nitro groups is 1. The van der Waals surface area contributed by atoms with Crippen LogP contribution in [0.5, 0.6) is 0 Å². The van der Waals surface area contributed by atoms with E-state index in [1.165, 1.54) is 29.2 Å². The van der Waals surface area contributed by atoms with E-state index >= 15 is 0 Å². The van der Waals surface area contributed by atoms with Gasteiger partial charge in [-0.25, -0.2) is 0 Å². The second-order valence-corrected chi connectivity index (χ2v) is 7.36. The van der Waals surface area contributed by atoms with Gasteiger partial charge in [-0.2, -0.15) is 0 Å². The van der Waals surface area contributed by atoms with Crippen LogP contribution in [-0.4, -0.2) is 58.7 Å². The molecule has 1 heterocycles. The Morgan fingerprint density at radius 3 is 2.30 bits per heavy atom. The summed E-state index contributed by atoms with van der Waals surface area (Å²) in [4.78, 5) is 39.5. The molecule has 2 aromatic rings. The van der Waals surface area contributed by atoms with Gasteiger partial charge in [-0.05, 0) is 44.8 Å². The molecule has 1 amide bonds. The standard InChI is InChI=1S/C22H23N3O5/c1-23(2)13-6-14-24-19(15-9-11-17(12-10-15)25(29)30)18(21(27)22(24)28)20(26)16-7-4-3-5-8-16/h3-5,7-12,19,26H,6,13-14H2,1-2H3/b20-18+/t19-/m1/s1. The number of amides is 1. The molecule has 8 heteroatoms. The average Bonchev–Trinajstić information content (AvgIpc) is 2.98. The summed E-state index contributed by atoms with van der Waals surface area (Å²) in [5, 5.41) is 21.9. The van der Waals surface area contributed by atoms with E-state index in [9.17, 15) is 24.8 Å². The fourth-order valence-corrected chi connectivity index (χ4v) is 3.54. The highest BCUT2D eigenvalue weighted by molar-refractivity contribution is 6.46. The molecule has 1 N–H and O–H groups in total. The Kier molecular flexibility index (Phi) is 6.27. The number of benzene rings is 2. The van der Waals surface area contributed by atoms with E-state index in [0.717, 1.165) is 0 Å². The van der Waals surface area contributed by atoms with Gasteiger partial charge in [0.15, 0.2) is 0 Å². The maximum absolute atomic E-state index is 12.9. The quantitative estimate of drug-likeness (QED) is 0.248. The number of aliphatic hydroxyl groups excluding tert-OH is 1. The van der Waals surface area contributed by atoms with Gasteiger partial charge in [-0.1, -0.05) is 30.3 Å². The molecule has 0 aliphatic carbocycles. The highest BCUT2D eigenvalue weighted by Gasteiger charge is 2.45. The Morgan fingerprint density at radius 2 is 1.73 bits per heavy atom. The minimum atomic E-state index is -0.812. The Morgan fingerprint density at radius 1 is 1.10 bits per heavy atom. The number of hydrogen-bond acceptors (Lipinski definition) is 6. The Hall–Kier alpha value is -3.52. The maximum Gasteiger partial charge on any atom is 0.295 e. The topological polar surface area (TPSA) is 104 Å². The van der Waals surface area contributed by atoms with Crippen molar-refractivity contribution in [3.63, 3.8) is 0 Å². The number of aliphatic hydroxyl groups is 1. The normalized spacial score (nSPS) is 18.2. The summed E-state index contributed by atoms with van der Waals surface area (Å²) in [6.07, 6.45) is 0.634. The van der Waals surface area contributed by atoms with Gasteiger partial charge in [0.1, 0.15) is 5.76 Å². The van der Waals surface area contributed by atoms with Crippen molar-refractivity contribution in [1.82, 2.24) is 9.80 Å². The second-order valence-electron chi connectivity index (χ2n) is 7.36. The lowest BCUT2D eigenvalue weighted by Crippen LogP contribution is -2.32. The summed E-state index contributed by atoms with van der Waals surface area (Å²) >= 11 is 0. The third kappa shape index (κ3) is 4.23. The van der Waals surface area contributed by atoms with Gasteiger partial charge in [0.05, 0.1) is 16.5 Å². The number of carbonyl (C=O) groups excluding carboxylic acids is 2. The third-order valence-electron chi connectivity index (χ3n) is 5.01. The first-order valence-corrected chi connectivity index (χ1v) is 9.54. The van der Waals surface area contributed by atoms with Gasteiger partial charge >= 0.3 is 0 Å². The summed E-state index contributed by atoms with van der Waals surface area (Å²) in [6, 6.07) is 13.4. The fourth-order valence-electron chi connectivity index (χ4n) is 3.54. The first-order chi connectivity index (χ1) is 14.3. The molecular weight excluding hydrogens is 386 g/mol. The zero-order chi connectivity index (χ0) is 21.8. The van der Waals surface area contributed by atoms with Crippen molar-refractivity contribution in [2.75, 3.05) is 27.2 Å². The molecule has 1 atom stereocenters. The molecular formula is C22H23N3O5. The van der Waals surface area contributed by atoms with Crippen LogP contribution in [0.1, 0.15) is 23.6 Å². The highest BCUT2D eigenvalue weighted by atomic mass is 16.6. The van der Waals surface area contributed by atoms with Crippen molar-refractivity contribution in [1.29, 1.82) is 0 Å². The van der Waals surface area contributed by atoms with Gasteiger partial charge in [-0.3, -0.25) is 19.7 Å². The predicted molar refractivity (Wildman–Crippen MR) is 112 cm³/mol. The SMILES string of the molecule is CN(C)CCCN1C(=O)C(=O)/C(=C(/O)c2ccccc2)[C@H]1c1ccc([N+](=O)[O-])cc1. The van der Waals surface area contributed by atoms with E-state index in [1.807, 2.05) is 19.0 Å². The molecule has 0 radical (unpaired) electrons. The molecule has 1 aliphatic rings. The summed E-state index contributed by atoms with van der Waals surface area (Å²) in [5.74, 6) is -1.70. The highest BCUT2D eigenvalue weighted by Crippen LogP contribution is 2.39. The largest absolute Gasteiger partial charge is 0.507 e. The van der Waals surface area contributed by atoms with Crippen LogP contribution in [0, 0.1) is 10.1 Å². The Bertz CT molecular complexity index is 984. The molecule has 3 rings (SSSR count). The van der Waals surface area contributed by atoms with E-state index in [1.54, 1.807) is 30.3 Å². The van der Waals surface area contributed by atoms with Crippen LogP contribution >= 0.6 is 0 Å². The number of non-ortho nitro benzene ring substituents is 1. The molecule has 8 nitrogen and oxygen atoms in total. The van der Waals surface area contributed by atoms with Crippen molar-refractivity contribution in [3.05, 3.63) is 81.4 Å². The number of ketones is 1. The van der Waals surface area contributed by atoms with E-state index < -0.39 is 22.7 Å². The number of Topliss-reactive ketones (excluding diaryl/α,β-unsaturated/α-hetero) is 1. The third-order valence-corrected chi connectivity index (χ3v) is 5.01. The molecule has 1 fully saturated rings. The number of carbonyl (C=O) groups is 2. The monoisotopic (exact) mass is 409 g/mol. The van der Waals surface area contributed by atoms with Crippen LogP contribution in [0.2, 0.25) is 0 Å². The van der Waals surface area contributed by atoms with Crippen LogP contribution in [0.15, 0.2) is 60.2 Å². The van der Waals surface area contributed by atoms with Gasteiger partial charge in [0, 0.05) is 24.2 Å². The zero-order valence-electron chi connectivity index (χ0n) is 16.8. The lowest BCUT2D eigenvalue weighted by Gasteiger charge is -2.25. The van der Waals surface area contributed by atoms with Crippen molar-refractivity contribution in [3.8, 4) is 0 Å². The molecule has 156 valence electrons. The summed E-state index contributed by atoms with van der Waals surface area (Å²) in [7, 11) is 3.83. The lowest BCUT2D eigenvalue weighted by atomic mass is 9.95. The van der Waals surface area contributed by atoms with E-state index in [4.69, 9.17) is 0 Å². The molecule has 30 heavy (non-hydrogen) atoms. The van der Waals surface area contributed by atoms with Gasteiger partial charge in [0.2, 0.25) is 0 Å². The minimum absolute atomic E-state index is 0.00935. The van der Waals surface area contributed by atoms with E-state index in [0.29, 0.717) is 30.6 Å². The van der Waals surface area contributed by atoms with Crippen LogP contribution < -0.4 is 0 Å². The Labute approximate surface area is 174 Å². The number of nitrogens with zero attached hydrogens (tertiary/aromatic N) is 3. The number of rotatable bonds is 7. The number of likely N-dealkylation sites (tertiary alicyclic amines) is 1. The van der Waals surface area contributed by atoms with Crippen LogP contribution in [0.4, 0.5) is 5.69 Å². The number of hydrogen-bond donors (Lipinski definition) is 1. The molecule has 2 aromatic carbocycles. The summed E-state index contributed by atoms with van der Waals surface area (Å²) in [5.41, 5.74) is 0.856. The van der Waals surface area contributed by atoms with E-state index in [-0.39, 0.29) is 17.0 Å². The summed E-state index contributed by atoms with van der Waals surface area (Å²) in [6.45, 7) is 1.03. The van der Waals surface area contributed by atoms with Crippen LogP contribution in [-0.2, 0) is 9.59 Å². The van der Waals surface area contributed by atoms with Crippen LogP contribution in [0.3, 0.4) is 0 Å². The molecule has 1 aliphatic heterocycles. The van der Waals surface area contributed by atoms with Crippen molar-refractivity contribution in [2.24, 2.45) is 0 Å². The fraction of sp³-hybridized carbons (Fsp3) is 0.273. The maximum atomic E-state index is 12.9. The van der Waals surface area contributed by atoms with Gasteiger partial charge in [0.25, 0.3) is 17.4 Å².